The zero-order valence-corrected chi connectivity index (χ0v) is 10.5. The molecule has 0 atom stereocenters. The minimum absolute atomic E-state index is 0.0821. The largest absolute Gasteiger partial charge is 0.396 e. The van der Waals surface area contributed by atoms with E-state index in [0.717, 1.165) is 5.56 Å². The molecule has 96 valence electrons. The molecule has 17 heavy (non-hydrogen) atoms. The Morgan fingerprint density at radius 1 is 1.29 bits per heavy atom. The van der Waals surface area contributed by atoms with Crippen molar-refractivity contribution in [3.8, 4) is 0 Å². The fourth-order valence-electron chi connectivity index (χ4n) is 1.35. The summed E-state index contributed by atoms with van der Waals surface area (Å²) in [7, 11) is -1.88. The lowest BCUT2D eigenvalue weighted by atomic mass is 10.2. The number of nitrogens with zero attached hydrogens (tertiary/aromatic N) is 1. The van der Waals surface area contributed by atoms with Crippen molar-refractivity contribution < 1.29 is 17.9 Å². The van der Waals surface area contributed by atoms with E-state index >= 15 is 0 Å². The Labute approximate surface area is 101 Å². The first-order valence-electron chi connectivity index (χ1n) is 5.25. The topological polar surface area (TPSA) is 57.6 Å². The van der Waals surface area contributed by atoms with E-state index in [1.165, 1.54) is 23.5 Å². The summed E-state index contributed by atoms with van der Waals surface area (Å²) in [6.07, 6.45) is 0.218. The maximum Gasteiger partial charge on any atom is 0.214 e. The van der Waals surface area contributed by atoms with Gasteiger partial charge in [0, 0.05) is 20.2 Å². The summed E-state index contributed by atoms with van der Waals surface area (Å²) in [6.45, 7) is 0.0532. The Hall–Kier alpha value is -0.980. The Balaban J connectivity index is 2.65. The predicted octanol–water partition coefficient (Wildman–Crippen LogP) is 0.970. The normalized spacial score (nSPS) is 12.0. The number of hydrogen-bond donors (Lipinski definition) is 1. The van der Waals surface area contributed by atoms with E-state index < -0.39 is 10.0 Å². The molecule has 0 radical (unpaired) electrons. The summed E-state index contributed by atoms with van der Waals surface area (Å²) >= 11 is 0. The molecule has 0 fully saturated rings. The molecule has 1 N–H and O–H groups in total. The van der Waals surface area contributed by atoms with E-state index in [-0.39, 0.29) is 31.1 Å². The Morgan fingerprint density at radius 3 is 2.41 bits per heavy atom. The van der Waals surface area contributed by atoms with Crippen LogP contribution in [0.3, 0.4) is 0 Å². The first kappa shape index (κ1) is 14.1. The maximum absolute atomic E-state index is 12.7. The van der Waals surface area contributed by atoms with E-state index in [1.807, 2.05) is 0 Å². The summed E-state index contributed by atoms with van der Waals surface area (Å²) in [6, 6.07) is 5.69. The van der Waals surface area contributed by atoms with Crippen LogP contribution in [0, 0.1) is 5.82 Å². The van der Waals surface area contributed by atoms with E-state index in [1.54, 1.807) is 12.1 Å². The molecule has 0 bridgehead atoms. The number of aliphatic hydroxyl groups is 1. The van der Waals surface area contributed by atoms with Gasteiger partial charge in [0.05, 0.1) is 5.75 Å². The lowest BCUT2D eigenvalue weighted by molar-refractivity contribution is 0.294. The molecular formula is C11H16FNO3S. The van der Waals surface area contributed by atoms with Gasteiger partial charge in [-0.05, 0) is 24.1 Å². The van der Waals surface area contributed by atoms with Gasteiger partial charge >= 0.3 is 0 Å². The highest BCUT2D eigenvalue weighted by Gasteiger charge is 2.17. The molecule has 4 nitrogen and oxygen atoms in total. The van der Waals surface area contributed by atoms with Gasteiger partial charge in [0.15, 0.2) is 0 Å². The van der Waals surface area contributed by atoms with Gasteiger partial charge in [0.25, 0.3) is 0 Å². The maximum atomic E-state index is 12.7. The highest BCUT2D eigenvalue weighted by molar-refractivity contribution is 7.89. The average molecular weight is 261 g/mol. The van der Waals surface area contributed by atoms with Crippen molar-refractivity contribution in [1.29, 1.82) is 0 Å². The molecule has 1 aromatic carbocycles. The highest BCUT2D eigenvalue weighted by Crippen LogP contribution is 2.09. The number of hydrogen-bond acceptors (Lipinski definition) is 3. The number of rotatable bonds is 6. The zero-order chi connectivity index (χ0) is 12.9. The third-order valence-electron chi connectivity index (χ3n) is 2.35. The van der Waals surface area contributed by atoms with Gasteiger partial charge < -0.3 is 5.11 Å². The van der Waals surface area contributed by atoms with Gasteiger partial charge in [-0.25, -0.2) is 17.1 Å². The zero-order valence-electron chi connectivity index (χ0n) is 9.63. The first-order chi connectivity index (χ1) is 7.95. The molecule has 0 unspecified atom stereocenters. The van der Waals surface area contributed by atoms with E-state index in [9.17, 15) is 12.8 Å². The molecule has 0 saturated heterocycles. The monoisotopic (exact) mass is 261 g/mol. The molecule has 0 saturated carbocycles. The van der Waals surface area contributed by atoms with Crippen molar-refractivity contribution in [3.63, 3.8) is 0 Å². The summed E-state index contributed by atoms with van der Waals surface area (Å²) in [4.78, 5) is 0. The third-order valence-corrected chi connectivity index (χ3v) is 4.24. The van der Waals surface area contributed by atoms with Crippen molar-refractivity contribution in [2.45, 2.75) is 13.0 Å². The molecule has 0 aliphatic rings. The van der Waals surface area contributed by atoms with Gasteiger partial charge in [-0.1, -0.05) is 12.1 Å². The lowest BCUT2D eigenvalue weighted by Gasteiger charge is -2.16. The minimum Gasteiger partial charge on any atom is -0.396 e. The second kappa shape index (κ2) is 6.09. The quantitative estimate of drug-likeness (QED) is 0.830. The predicted molar refractivity (Wildman–Crippen MR) is 63.4 cm³/mol. The fourth-order valence-corrected chi connectivity index (χ4v) is 2.50. The smallest absolute Gasteiger partial charge is 0.214 e. The van der Waals surface area contributed by atoms with Crippen molar-refractivity contribution >= 4 is 10.0 Å². The molecule has 0 heterocycles. The Morgan fingerprint density at radius 2 is 1.88 bits per heavy atom. The van der Waals surface area contributed by atoms with Crippen LogP contribution in [0.1, 0.15) is 12.0 Å². The average Bonchev–Trinajstić information content (AvgIpc) is 2.29. The van der Waals surface area contributed by atoms with Crippen LogP contribution in [0.4, 0.5) is 4.39 Å². The van der Waals surface area contributed by atoms with Gasteiger partial charge in [0.1, 0.15) is 5.82 Å². The molecule has 0 aliphatic carbocycles. The molecule has 0 aliphatic heterocycles. The van der Waals surface area contributed by atoms with Crippen LogP contribution in [0.15, 0.2) is 24.3 Å². The summed E-state index contributed by atoms with van der Waals surface area (Å²) in [5.41, 5.74) is 0.724. The number of aliphatic hydroxyl groups excluding tert-OH is 1. The van der Waals surface area contributed by atoms with Crippen molar-refractivity contribution in [3.05, 3.63) is 35.6 Å². The van der Waals surface area contributed by atoms with Gasteiger partial charge in [-0.2, -0.15) is 0 Å². The molecule has 0 aromatic heterocycles. The van der Waals surface area contributed by atoms with Crippen LogP contribution in [-0.2, 0) is 16.6 Å². The van der Waals surface area contributed by atoms with Crippen LogP contribution in [-0.4, -0.2) is 37.2 Å². The Kier molecular flexibility index (Phi) is 5.04. The summed E-state index contributed by atoms with van der Waals surface area (Å²) in [5, 5.41) is 8.61. The van der Waals surface area contributed by atoms with E-state index in [0.29, 0.717) is 0 Å². The first-order valence-corrected chi connectivity index (χ1v) is 6.86. The van der Waals surface area contributed by atoms with Crippen molar-refractivity contribution in [1.82, 2.24) is 4.31 Å². The van der Waals surface area contributed by atoms with E-state index in [4.69, 9.17) is 5.11 Å². The van der Waals surface area contributed by atoms with E-state index in [2.05, 4.69) is 0 Å². The second-order valence-corrected chi connectivity index (χ2v) is 5.97. The van der Waals surface area contributed by atoms with Gasteiger partial charge in [0.2, 0.25) is 10.0 Å². The summed E-state index contributed by atoms with van der Waals surface area (Å²) in [5.74, 6) is -0.430. The van der Waals surface area contributed by atoms with Crippen molar-refractivity contribution in [2.75, 3.05) is 19.4 Å². The fraction of sp³-hybridized carbons (Fsp3) is 0.455. The van der Waals surface area contributed by atoms with Gasteiger partial charge in [-0.15, -0.1) is 0 Å². The number of halogens is 1. The van der Waals surface area contributed by atoms with Gasteiger partial charge in [-0.3, -0.25) is 0 Å². The standard InChI is InChI=1S/C11H16FNO3S/c1-13(17(15,16)8-2-7-14)9-10-3-5-11(12)6-4-10/h3-6,14H,2,7-9H2,1H3. The molecule has 6 heteroatoms. The molecule has 1 rings (SSSR count). The lowest BCUT2D eigenvalue weighted by Crippen LogP contribution is -2.29. The van der Waals surface area contributed by atoms with Crippen LogP contribution >= 0.6 is 0 Å². The van der Waals surface area contributed by atoms with Crippen LogP contribution in [0.2, 0.25) is 0 Å². The van der Waals surface area contributed by atoms with Crippen molar-refractivity contribution in [2.24, 2.45) is 0 Å². The number of benzene rings is 1. The SMILES string of the molecule is CN(Cc1ccc(F)cc1)S(=O)(=O)CCCO. The summed E-state index contributed by atoms with van der Waals surface area (Å²) < 4.78 is 37.3. The minimum atomic E-state index is -3.35. The number of sulfonamides is 1. The van der Waals surface area contributed by atoms with Crippen LogP contribution < -0.4 is 0 Å². The van der Waals surface area contributed by atoms with Crippen LogP contribution in [0.25, 0.3) is 0 Å². The molecule has 1 aromatic rings. The Bertz CT molecular complexity index is 444. The van der Waals surface area contributed by atoms with Crippen LogP contribution in [0.5, 0.6) is 0 Å². The molecular weight excluding hydrogens is 245 g/mol. The molecule has 0 spiro atoms. The third kappa shape index (κ3) is 4.41. The second-order valence-electron chi connectivity index (χ2n) is 3.78. The molecule has 0 amide bonds. The highest BCUT2D eigenvalue weighted by atomic mass is 32.2.